The third-order valence-electron chi connectivity index (χ3n) is 3.17. The van der Waals surface area contributed by atoms with E-state index in [1.807, 2.05) is 12.4 Å². The minimum absolute atomic E-state index is 0.387. The molecule has 0 aromatic carbocycles. The van der Waals surface area contributed by atoms with Crippen LogP contribution in [0.4, 0.5) is 0 Å². The first-order valence-corrected chi connectivity index (χ1v) is 6.33. The molecule has 0 radical (unpaired) electrons. The Bertz CT molecular complexity index is 328. The highest BCUT2D eigenvalue weighted by Crippen LogP contribution is 2.26. The Hall–Kier alpha value is -0.930. The van der Waals surface area contributed by atoms with Crippen LogP contribution in [0, 0.1) is 12.8 Å². The molecular weight excluding hydrogens is 212 g/mol. The number of pyridine rings is 1. The molecular formula is C14H24N2O. The van der Waals surface area contributed by atoms with Gasteiger partial charge in [-0.1, -0.05) is 13.8 Å². The maximum Gasteiger partial charge on any atom is 0.0465 e. The van der Waals surface area contributed by atoms with Crippen LogP contribution in [-0.4, -0.2) is 25.2 Å². The molecule has 3 nitrogen and oxygen atoms in total. The van der Waals surface area contributed by atoms with Crippen LogP contribution >= 0.6 is 0 Å². The highest BCUT2D eigenvalue weighted by molar-refractivity contribution is 5.25. The van der Waals surface area contributed by atoms with Crippen molar-refractivity contribution in [1.29, 1.82) is 0 Å². The van der Waals surface area contributed by atoms with E-state index in [1.165, 1.54) is 11.1 Å². The quantitative estimate of drug-likeness (QED) is 0.790. The van der Waals surface area contributed by atoms with Gasteiger partial charge >= 0.3 is 0 Å². The zero-order chi connectivity index (χ0) is 12.7. The number of nitrogens with zero attached hydrogens (tertiary/aromatic N) is 1. The first-order chi connectivity index (χ1) is 8.20. The molecule has 1 heterocycles. The number of rotatable bonds is 7. The van der Waals surface area contributed by atoms with Crippen molar-refractivity contribution in [2.75, 3.05) is 20.3 Å². The number of hydrogen-bond donors (Lipinski definition) is 1. The van der Waals surface area contributed by atoms with Gasteiger partial charge in [0, 0.05) is 32.2 Å². The van der Waals surface area contributed by atoms with Crippen molar-refractivity contribution in [2.24, 2.45) is 5.92 Å². The topological polar surface area (TPSA) is 34.2 Å². The second-order valence-corrected chi connectivity index (χ2v) is 4.53. The Morgan fingerprint density at radius 3 is 2.82 bits per heavy atom. The van der Waals surface area contributed by atoms with Crippen molar-refractivity contribution >= 4 is 0 Å². The van der Waals surface area contributed by atoms with Gasteiger partial charge in [0.05, 0.1) is 0 Å². The summed E-state index contributed by atoms with van der Waals surface area (Å²) in [7, 11) is 1.76. The summed E-state index contributed by atoms with van der Waals surface area (Å²) in [4.78, 5) is 4.16. The van der Waals surface area contributed by atoms with Crippen LogP contribution in [0.5, 0.6) is 0 Å². The predicted octanol–water partition coefficient (Wildman–Crippen LogP) is 2.71. The molecule has 0 aliphatic carbocycles. The predicted molar refractivity (Wildman–Crippen MR) is 71.0 cm³/mol. The lowest BCUT2D eigenvalue weighted by molar-refractivity contribution is 0.170. The molecule has 0 aliphatic rings. The number of aryl methyl sites for hydroxylation is 1. The molecule has 2 atom stereocenters. The minimum atomic E-state index is 0.387. The zero-order valence-electron chi connectivity index (χ0n) is 11.4. The summed E-state index contributed by atoms with van der Waals surface area (Å²) >= 11 is 0. The number of ether oxygens (including phenoxy) is 1. The van der Waals surface area contributed by atoms with Crippen LogP contribution in [0.15, 0.2) is 18.5 Å². The molecule has 1 N–H and O–H groups in total. The number of methoxy groups -OCH3 is 1. The number of aromatic nitrogens is 1. The normalized spacial score (nSPS) is 14.6. The van der Waals surface area contributed by atoms with Crippen LogP contribution in [0.2, 0.25) is 0 Å². The summed E-state index contributed by atoms with van der Waals surface area (Å²) in [6.07, 6.45) is 4.87. The maximum atomic E-state index is 5.17. The van der Waals surface area contributed by atoms with Gasteiger partial charge in [-0.05, 0) is 43.0 Å². The average Bonchev–Trinajstić information content (AvgIpc) is 2.34. The van der Waals surface area contributed by atoms with Crippen LogP contribution in [-0.2, 0) is 4.74 Å². The first kappa shape index (κ1) is 14.1. The van der Waals surface area contributed by atoms with Crippen LogP contribution < -0.4 is 5.32 Å². The largest absolute Gasteiger partial charge is 0.385 e. The SMILES string of the molecule is CCNC(c1ccncc1C)C(C)CCOC. The van der Waals surface area contributed by atoms with Gasteiger partial charge in [-0.25, -0.2) is 0 Å². The van der Waals surface area contributed by atoms with E-state index in [4.69, 9.17) is 4.74 Å². The van der Waals surface area contributed by atoms with E-state index in [0.29, 0.717) is 12.0 Å². The molecule has 0 fully saturated rings. The lowest BCUT2D eigenvalue weighted by Gasteiger charge is -2.26. The summed E-state index contributed by atoms with van der Waals surface area (Å²) in [5.41, 5.74) is 2.60. The first-order valence-electron chi connectivity index (χ1n) is 6.33. The van der Waals surface area contributed by atoms with Crippen molar-refractivity contribution < 1.29 is 4.74 Å². The van der Waals surface area contributed by atoms with E-state index < -0.39 is 0 Å². The van der Waals surface area contributed by atoms with E-state index in [9.17, 15) is 0 Å². The number of hydrogen-bond acceptors (Lipinski definition) is 3. The van der Waals surface area contributed by atoms with Gasteiger partial charge in [-0.2, -0.15) is 0 Å². The molecule has 0 saturated carbocycles. The van der Waals surface area contributed by atoms with Gasteiger partial charge in [0.25, 0.3) is 0 Å². The van der Waals surface area contributed by atoms with Gasteiger partial charge in [0.15, 0.2) is 0 Å². The van der Waals surface area contributed by atoms with E-state index in [2.05, 4.69) is 37.1 Å². The highest BCUT2D eigenvalue weighted by Gasteiger charge is 2.19. The molecule has 17 heavy (non-hydrogen) atoms. The van der Waals surface area contributed by atoms with Crippen molar-refractivity contribution in [1.82, 2.24) is 10.3 Å². The molecule has 1 aromatic rings. The van der Waals surface area contributed by atoms with Crippen LogP contribution in [0.3, 0.4) is 0 Å². The number of nitrogens with one attached hydrogen (secondary N) is 1. The summed E-state index contributed by atoms with van der Waals surface area (Å²) in [6, 6.07) is 2.50. The van der Waals surface area contributed by atoms with Gasteiger partial charge in [-0.15, -0.1) is 0 Å². The molecule has 2 unspecified atom stereocenters. The molecule has 96 valence electrons. The van der Waals surface area contributed by atoms with Crippen molar-refractivity contribution in [3.8, 4) is 0 Å². The molecule has 0 bridgehead atoms. The molecule has 3 heteroatoms. The second kappa shape index (κ2) is 7.41. The van der Waals surface area contributed by atoms with Gasteiger partial charge < -0.3 is 10.1 Å². The monoisotopic (exact) mass is 236 g/mol. The van der Waals surface area contributed by atoms with E-state index in [0.717, 1.165) is 19.6 Å². The minimum Gasteiger partial charge on any atom is -0.385 e. The Morgan fingerprint density at radius 1 is 1.47 bits per heavy atom. The van der Waals surface area contributed by atoms with Crippen LogP contribution in [0.25, 0.3) is 0 Å². The molecule has 1 aromatic heterocycles. The van der Waals surface area contributed by atoms with Crippen molar-refractivity contribution in [3.05, 3.63) is 29.6 Å². The van der Waals surface area contributed by atoms with E-state index in [1.54, 1.807) is 7.11 Å². The zero-order valence-corrected chi connectivity index (χ0v) is 11.4. The summed E-state index contributed by atoms with van der Waals surface area (Å²) in [5.74, 6) is 0.552. The highest BCUT2D eigenvalue weighted by atomic mass is 16.5. The molecule has 0 aliphatic heterocycles. The van der Waals surface area contributed by atoms with Crippen molar-refractivity contribution in [2.45, 2.75) is 33.2 Å². The Morgan fingerprint density at radius 2 is 2.24 bits per heavy atom. The second-order valence-electron chi connectivity index (χ2n) is 4.53. The Kier molecular flexibility index (Phi) is 6.16. The smallest absolute Gasteiger partial charge is 0.0465 e. The fourth-order valence-corrected chi connectivity index (χ4v) is 2.14. The molecule has 1 rings (SSSR count). The van der Waals surface area contributed by atoms with Gasteiger partial charge in [0.2, 0.25) is 0 Å². The summed E-state index contributed by atoms with van der Waals surface area (Å²) < 4.78 is 5.17. The molecule has 0 spiro atoms. The molecule has 0 saturated heterocycles. The third-order valence-corrected chi connectivity index (χ3v) is 3.17. The lowest BCUT2D eigenvalue weighted by atomic mass is 9.90. The average molecular weight is 236 g/mol. The van der Waals surface area contributed by atoms with E-state index >= 15 is 0 Å². The van der Waals surface area contributed by atoms with Crippen LogP contribution in [0.1, 0.15) is 37.4 Å². The maximum absolute atomic E-state index is 5.17. The van der Waals surface area contributed by atoms with Gasteiger partial charge in [0.1, 0.15) is 0 Å². The Balaban J connectivity index is 2.81. The fourth-order valence-electron chi connectivity index (χ4n) is 2.14. The fraction of sp³-hybridized carbons (Fsp3) is 0.643. The van der Waals surface area contributed by atoms with Gasteiger partial charge in [-0.3, -0.25) is 4.98 Å². The molecule has 0 amide bonds. The lowest BCUT2D eigenvalue weighted by Crippen LogP contribution is -2.28. The Labute approximate surface area is 105 Å². The standard InChI is InChI=1S/C14H24N2O/c1-5-16-14(11(2)7-9-17-4)13-6-8-15-10-12(13)3/h6,8,10-11,14,16H,5,7,9H2,1-4H3. The summed E-state index contributed by atoms with van der Waals surface area (Å²) in [6.45, 7) is 8.32. The third kappa shape index (κ3) is 4.10. The summed E-state index contributed by atoms with van der Waals surface area (Å²) in [5, 5.41) is 3.57. The van der Waals surface area contributed by atoms with E-state index in [-0.39, 0.29) is 0 Å². The van der Waals surface area contributed by atoms with Crippen molar-refractivity contribution in [3.63, 3.8) is 0 Å².